The third kappa shape index (κ3) is 3.13. The van der Waals surface area contributed by atoms with Crippen LogP contribution >= 0.6 is 0 Å². The molecular formula is C14H16N2O3. The lowest BCUT2D eigenvalue weighted by Crippen LogP contribution is -2.08. The number of nitrogens with zero attached hydrogens (tertiary/aromatic N) is 2. The van der Waals surface area contributed by atoms with Crippen molar-refractivity contribution >= 4 is 5.97 Å². The van der Waals surface area contributed by atoms with Gasteiger partial charge in [0.1, 0.15) is 18.2 Å². The Morgan fingerprint density at radius 3 is 2.63 bits per heavy atom. The number of hydrogen-bond acceptors (Lipinski definition) is 3. The van der Waals surface area contributed by atoms with Crippen molar-refractivity contribution < 1.29 is 14.6 Å². The predicted molar refractivity (Wildman–Crippen MR) is 70.3 cm³/mol. The molecule has 0 radical (unpaired) electrons. The minimum atomic E-state index is -1.03. The number of benzene rings is 1. The van der Waals surface area contributed by atoms with Crippen LogP contribution in [0.5, 0.6) is 5.75 Å². The van der Waals surface area contributed by atoms with Crippen molar-refractivity contribution in [3.05, 3.63) is 48.0 Å². The predicted octanol–water partition coefficient (Wildman–Crippen LogP) is 2.74. The fraction of sp³-hybridized carbons (Fsp3) is 0.286. The van der Waals surface area contributed by atoms with Gasteiger partial charge in [-0.1, -0.05) is 18.2 Å². The fourth-order valence-electron chi connectivity index (χ4n) is 1.75. The van der Waals surface area contributed by atoms with Gasteiger partial charge in [0, 0.05) is 12.2 Å². The van der Waals surface area contributed by atoms with Gasteiger partial charge >= 0.3 is 5.97 Å². The summed E-state index contributed by atoms with van der Waals surface area (Å²) in [6, 6.07) is 9.50. The molecule has 1 heterocycles. The molecule has 2 aromatic rings. The van der Waals surface area contributed by atoms with E-state index in [0.717, 1.165) is 5.75 Å². The van der Waals surface area contributed by atoms with Crippen molar-refractivity contribution in [2.75, 3.05) is 0 Å². The van der Waals surface area contributed by atoms with Crippen LogP contribution in [0.25, 0.3) is 0 Å². The van der Waals surface area contributed by atoms with Crippen molar-refractivity contribution in [2.24, 2.45) is 0 Å². The van der Waals surface area contributed by atoms with Gasteiger partial charge in [0.25, 0.3) is 0 Å². The number of carbonyl (C=O) groups is 1. The molecule has 0 atom stereocenters. The van der Waals surface area contributed by atoms with E-state index in [2.05, 4.69) is 4.98 Å². The number of hydrogen-bond donors (Lipinski definition) is 1. The molecule has 0 unspecified atom stereocenters. The van der Waals surface area contributed by atoms with Crippen LogP contribution in [0.4, 0.5) is 0 Å². The van der Waals surface area contributed by atoms with E-state index in [-0.39, 0.29) is 18.3 Å². The second kappa shape index (κ2) is 5.56. The third-order valence-corrected chi connectivity index (χ3v) is 2.70. The van der Waals surface area contributed by atoms with Gasteiger partial charge in [0.15, 0.2) is 5.69 Å². The van der Waals surface area contributed by atoms with Crippen LogP contribution in [0.1, 0.15) is 36.2 Å². The molecule has 0 bridgehead atoms. The van der Waals surface area contributed by atoms with E-state index < -0.39 is 5.97 Å². The van der Waals surface area contributed by atoms with Gasteiger partial charge in [-0.15, -0.1) is 0 Å². The van der Waals surface area contributed by atoms with Gasteiger partial charge in [-0.25, -0.2) is 9.78 Å². The largest absolute Gasteiger partial charge is 0.486 e. The highest BCUT2D eigenvalue weighted by Crippen LogP contribution is 2.15. The highest BCUT2D eigenvalue weighted by atomic mass is 16.5. The van der Waals surface area contributed by atoms with Crippen LogP contribution in [-0.2, 0) is 6.61 Å². The zero-order valence-corrected chi connectivity index (χ0v) is 10.9. The molecule has 1 N–H and O–H groups in total. The van der Waals surface area contributed by atoms with E-state index in [1.54, 1.807) is 0 Å². The molecule has 5 nitrogen and oxygen atoms in total. The standard InChI is InChI=1S/C14H16N2O3/c1-10(2)16-8-12(14(17)18)15-13(16)9-19-11-6-4-3-5-7-11/h3-8,10H,9H2,1-2H3,(H,17,18). The van der Waals surface area contributed by atoms with Crippen molar-refractivity contribution in [3.63, 3.8) is 0 Å². The second-order valence-corrected chi connectivity index (χ2v) is 4.45. The first-order valence-corrected chi connectivity index (χ1v) is 6.07. The summed E-state index contributed by atoms with van der Waals surface area (Å²) in [5.74, 6) is 0.314. The lowest BCUT2D eigenvalue weighted by Gasteiger charge is -2.11. The first kappa shape index (κ1) is 13.1. The Labute approximate surface area is 111 Å². The molecular weight excluding hydrogens is 244 g/mol. The van der Waals surface area contributed by atoms with Gasteiger partial charge in [-0.3, -0.25) is 0 Å². The molecule has 0 saturated heterocycles. The number of carboxylic acid groups (broad SMARTS) is 1. The molecule has 1 aromatic heterocycles. The van der Waals surface area contributed by atoms with E-state index in [1.807, 2.05) is 48.7 Å². The first-order chi connectivity index (χ1) is 9.08. The van der Waals surface area contributed by atoms with Gasteiger partial charge in [-0.05, 0) is 26.0 Å². The topological polar surface area (TPSA) is 64.4 Å². The van der Waals surface area contributed by atoms with Gasteiger partial charge < -0.3 is 14.4 Å². The smallest absolute Gasteiger partial charge is 0.356 e. The van der Waals surface area contributed by atoms with Crippen LogP contribution in [-0.4, -0.2) is 20.6 Å². The molecule has 0 spiro atoms. The lowest BCUT2D eigenvalue weighted by molar-refractivity contribution is 0.0690. The SMILES string of the molecule is CC(C)n1cc(C(=O)O)nc1COc1ccccc1. The number of para-hydroxylation sites is 1. The number of rotatable bonds is 5. The molecule has 0 fully saturated rings. The maximum Gasteiger partial charge on any atom is 0.356 e. The molecule has 0 aliphatic rings. The van der Waals surface area contributed by atoms with E-state index in [9.17, 15) is 4.79 Å². The molecule has 5 heteroatoms. The molecule has 19 heavy (non-hydrogen) atoms. The summed E-state index contributed by atoms with van der Waals surface area (Å²) in [6.07, 6.45) is 1.54. The molecule has 0 aliphatic carbocycles. The van der Waals surface area contributed by atoms with Crippen molar-refractivity contribution in [2.45, 2.75) is 26.5 Å². The Morgan fingerprint density at radius 1 is 1.37 bits per heavy atom. The number of aromatic nitrogens is 2. The van der Waals surface area contributed by atoms with Crippen LogP contribution in [0.15, 0.2) is 36.5 Å². The minimum absolute atomic E-state index is 0.0420. The highest BCUT2D eigenvalue weighted by Gasteiger charge is 2.15. The Kier molecular flexibility index (Phi) is 3.85. The van der Waals surface area contributed by atoms with Gasteiger partial charge in [0.2, 0.25) is 0 Å². The summed E-state index contributed by atoms with van der Waals surface area (Å²) in [5, 5.41) is 8.97. The maximum atomic E-state index is 10.9. The van der Waals surface area contributed by atoms with Crippen LogP contribution in [0.2, 0.25) is 0 Å². The van der Waals surface area contributed by atoms with Crippen LogP contribution in [0, 0.1) is 0 Å². The first-order valence-electron chi connectivity index (χ1n) is 6.07. The molecule has 0 aliphatic heterocycles. The average Bonchev–Trinajstić information content (AvgIpc) is 2.82. The Bertz CT molecular complexity index is 561. The summed E-state index contributed by atoms with van der Waals surface area (Å²) in [7, 11) is 0. The number of ether oxygens (including phenoxy) is 1. The highest BCUT2D eigenvalue weighted by molar-refractivity contribution is 5.85. The van der Waals surface area contributed by atoms with Crippen LogP contribution < -0.4 is 4.74 Å². The summed E-state index contributed by atoms with van der Waals surface area (Å²) in [6.45, 7) is 4.19. The molecule has 100 valence electrons. The normalized spacial score (nSPS) is 10.7. The summed E-state index contributed by atoms with van der Waals surface area (Å²) < 4.78 is 7.41. The molecule has 1 aromatic carbocycles. The quantitative estimate of drug-likeness (QED) is 0.897. The van der Waals surface area contributed by atoms with Gasteiger partial charge in [-0.2, -0.15) is 0 Å². The number of aromatic carboxylic acids is 1. The minimum Gasteiger partial charge on any atom is -0.486 e. The van der Waals surface area contributed by atoms with Crippen molar-refractivity contribution in [1.82, 2.24) is 9.55 Å². The number of carboxylic acids is 1. The Balaban J connectivity index is 2.17. The summed E-state index contributed by atoms with van der Waals surface area (Å²) in [5.41, 5.74) is 0.0420. The van der Waals surface area contributed by atoms with E-state index in [4.69, 9.17) is 9.84 Å². The second-order valence-electron chi connectivity index (χ2n) is 4.45. The van der Waals surface area contributed by atoms with E-state index >= 15 is 0 Å². The Morgan fingerprint density at radius 2 is 2.05 bits per heavy atom. The lowest BCUT2D eigenvalue weighted by atomic mass is 10.3. The Hall–Kier alpha value is -2.30. The van der Waals surface area contributed by atoms with E-state index in [0.29, 0.717) is 5.82 Å². The molecule has 0 saturated carbocycles. The third-order valence-electron chi connectivity index (χ3n) is 2.70. The van der Waals surface area contributed by atoms with Gasteiger partial charge in [0.05, 0.1) is 0 Å². The summed E-state index contributed by atoms with van der Waals surface area (Å²) in [4.78, 5) is 15.0. The monoisotopic (exact) mass is 260 g/mol. The zero-order valence-electron chi connectivity index (χ0n) is 10.9. The fourth-order valence-corrected chi connectivity index (χ4v) is 1.75. The maximum absolute atomic E-state index is 10.9. The van der Waals surface area contributed by atoms with Crippen LogP contribution in [0.3, 0.4) is 0 Å². The van der Waals surface area contributed by atoms with Crippen molar-refractivity contribution in [1.29, 1.82) is 0 Å². The average molecular weight is 260 g/mol. The summed E-state index contributed by atoms with van der Waals surface area (Å²) >= 11 is 0. The van der Waals surface area contributed by atoms with E-state index in [1.165, 1.54) is 6.20 Å². The molecule has 2 rings (SSSR count). The number of imidazole rings is 1. The molecule has 0 amide bonds. The zero-order chi connectivity index (χ0) is 13.8. The van der Waals surface area contributed by atoms with Crippen molar-refractivity contribution in [3.8, 4) is 5.75 Å².